The number of nitrogens with zero attached hydrogens (tertiary/aromatic N) is 1. The Balaban J connectivity index is 1.89. The summed E-state index contributed by atoms with van der Waals surface area (Å²) in [6.07, 6.45) is -4.41. The molecule has 0 saturated heterocycles. The number of anilines is 1. The number of hydrogen-bond donors (Lipinski definition) is 2. The fraction of sp³-hybridized carbons (Fsp3) is 0.111. The summed E-state index contributed by atoms with van der Waals surface area (Å²) in [4.78, 5) is 12.4. The Hall–Kier alpha value is -2.80. The second-order valence-corrected chi connectivity index (χ2v) is 6.04. The zero-order chi connectivity index (χ0) is 18.9. The number of benzene rings is 2. The molecule has 0 aliphatic carbocycles. The maximum Gasteiger partial charge on any atom is 0.416 e. The summed E-state index contributed by atoms with van der Waals surface area (Å²) in [5.74, 6) is -0.376. The van der Waals surface area contributed by atoms with Crippen LogP contribution in [0.15, 0.2) is 48.5 Å². The van der Waals surface area contributed by atoms with Crippen molar-refractivity contribution in [3.05, 3.63) is 70.4 Å². The van der Waals surface area contributed by atoms with Gasteiger partial charge < -0.3 is 5.32 Å². The molecule has 1 aromatic heterocycles. The molecule has 8 heteroatoms. The fourth-order valence-corrected chi connectivity index (χ4v) is 2.52. The van der Waals surface area contributed by atoms with Gasteiger partial charge in [0, 0.05) is 16.1 Å². The number of carbonyl (C=O) groups excluding carboxylic acids is 1. The zero-order valence-corrected chi connectivity index (χ0v) is 14.2. The van der Waals surface area contributed by atoms with Crippen LogP contribution in [0.2, 0.25) is 5.02 Å². The third-order valence-electron chi connectivity index (χ3n) is 3.78. The van der Waals surface area contributed by atoms with Crippen molar-refractivity contribution in [3.63, 3.8) is 0 Å². The van der Waals surface area contributed by atoms with Crippen LogP contribution in [-0.2, 0) is 6.18 Å². The van der Waals surface area contributed by atoms with Crippen LogP contribution < -0.4 is 5.32 Å². The standard InChI is InChI=1S/C18H13ClF3N3O/c1-10-15(23-17(26)12-4-8-14(19)9-5-12)16(25-24-10)11-2-6-13(7-3-11)18(20,21)22/h2-9H,1H3,(H,23,26)(H,24,25). The summed E-state index contributed by atoms with van der Waals surface area (Å²) < 4.78 is 38.1. The molecule has 2 N–H and O–H groups in total. The number of halogens is 4. The van der Waals surface area contributed by atoms with E-state index < -0.39 is 11.7 Å². The van der Waals surface area contributed by atoms with E-state index in [-0.39, 0.29) is 5.91 Å². The molecule has 4 nitrogen and oxygen atoms in total. The van der Waals surface area contributed by atoms with Gasteiger partial charge in [0.25, 0.3) is 5.91 Å². The molecule has 26 heavy (non-hydrogen) atoms. The third-order valence-corrected chi connectivity index (χ3v) is 4.03. The molecule has 0 radical (unpaired) electrons. The van der Waals surface area contributed by atoms with Crippen LogP contribution in [0.1, 0.15) is 21.6 Å². The first-order valence-corrected chi connectivity index (χ1v) is 7.93. The van der Waals surface area contributed by atoms with Gasteiger partial charge >= 0.3 is 6.18 Å². The number of rotatable bonds is 3. The highest BCUT2D eigenvalue weighted by Crippen LogP contribution is 2.33. The van der Waals surface area contributed by atoms with Crippen molar-refractivity contribution in [2.75, 3.05) is 5.32 Å². The molecule has 3 aromatic rings. The summed E-state index contributed by atoms with van der Waals surface area (Å²) in [5, 5.41) is 10.1. The van der Waals surface area contributed by atoms with Crippen molar-refractivity contribution in [1.29, 1.82) is 0 Å². The highest BCUT2D eigenvalue weighted by atomic mass is 35.5. The monoisotopic (exact) mass is 379 g/mol. The van der Waals surface area contributed by atoms with Crippen molar-refractivity contribution in [2.45, 2.75) is 13.1 Å². The lowest BCUT2D eigenvalue weighted by Gasteiger charge is -2.09. The summed E-state index contributed by atoms with van der Waals surface area (Å²) in [6.45, 7) is 1.71. The number of aryl methyl sites for hydroxylation is 1. The van der Waals surface area contributed by atoms with E-state index in [1.54, 1.807) is 31.2 Å². The topological polar surface area (TPSA) is 57.8 Å². The van der Waals surface area contributed by atoms with Gasteiger partial charge in [0.15, 0.2) is 0 Å². The molecule has 0 atom stereocenters. The molecule has 1 heterocycles. The molecular formula is C18H13ClF3N3O. The molecule has 0 bridgehead atoms. The van der Waals surface area contributed by atoms with Crippen molar-refractivity contribution in [3.8, 4) is 11.3 Å². The van der Waals surface area contributed by atoms with Gasteiger partial charge in [-0.1, -0.05) is 23.7 Å². The molecule has 3 rings (SSSR count). The van der Waals surface area contributed by atoms with Crippen LogP contribution in [0.4, 0.5) is 18.9 Å². The fourth-order valence-electron chi connectivity index (χ4n) is 2.40. The molecule has 0 spiro atoms. The number of carbonyl (C=O) groups is 1. The largest absolute Gasteiger partial charge is 0.416 e. The quantitative estimate of drug-likeness (QED) is 0.648. The average molecular weight is 380 g/mol. The second-order valence-electron chi connectivity index (χ2n) is 5.61. The van der Waals surface area contributed by atoms with E-state index in [4.69, 9.17) is 11.6 Å². The van der Waals surface area contributed by atoms with Gasteiger partial charge in [0.2, 0.25) is 0 Å². The maximum atomic E-state index is 12.7. The van der Waals surface area contributed by atoms with Crippen molar-refractivity contribution in [2.24, 2.45) is 0 Å². The molecule has 0 unspecified atom stereocenters. The van der Waals surface area contributed by atoms with Gasteiger partial charge in [-0.3, -0.25) is 9.89 Å². The van der Waals surface area contributed by atoms with Gasteiger partial charge in [0.1, 0.15) is 5.69 Å². The summed E-state index contributed by atoms with van der Waals surface area (Å²) in [7, 11) is 0. The summed E-state index contributed by atoms with van der Waals surface area (Å²) in [5.41, 5.74) is 1.45. The normalized spacial score (nSPS) is 11.4. The first-order chi connectivity index (χ1) is 12.3. The first kappa shape index (κ1) is 18.0. The summed E-state index contributed by atoms with van der Waals surface area (Å²) >= 11 is 5.81. The Labute approximate surface area is 152 Å². The van der Waals surface area contributed by atoms with Crippen LogP contribution >= 0.6 is 11.6 Å². The van der Waals surface area contributed by atoms with E-state index in [2.05, 4.69) is 15.5 Å². The second kappa shape index (κ2) is 6.84. The van der Waals surface area contributed by atoms with E-state index in [9.17, 15) is 18.0 Å². The predicted molar refractivity (Wildman–Crippen MR) is 93.2 cm³/mol. The third kappa shape index (κ3) is 3.72. The lowest BCUT2D eigenvalue weighted by Crippen LogP contribution is -2.12. The molecule has 2 aromatic carbocycles. The minimum atomic E-state index is -4.41. The van der Waals surface area contributed by atoms with E-state index >= 15 is 0 Å². The van der Waals surface area contributed by atoms with E-state index in [1.165, 1.54) is 12.1 Å². The smallest absolute Gasteiger partial charge is 0.319 e. The van der Waals surface area contributed by atoms with Gasteiger partial charge in [-0.15, -0.1) is 0 Å². The molecular weight excluding hydrogens is 367 g/mol. The number of alkyl halides is 3. The highest BCUT2D eigenvalue weighted by molar-refractivity contribution is 6.30. The van der Waals surface area contributed by atoms with E-state index in [1.807, 2.05) is 0 Å². The van der Waals surface area contributed by atoms with Gasteiger partial charge in [-0.25, -0.2) is 0 Å². The number of nitrogens with one attached hydrogen (secondary N) is 2. The van der Waals surface area contributed by atoms with Crippen molar-refractivity contribution in [1.82, 2.24) is 10.2 Å². The average Bonchev–Trinajstić information content (AvgIpc) is 2.95. The Bertz CT molecular complexity index is 932. The highest BCUT2D eigenvalue weighted by Gasteiger charge is 2.30. The van der Waals surface area contributed by atoms with E-state index in [0.717, 1.165) is 12.1 Å². The molecule has 0 saturated carbocycles. The first-order valence-electron chi connectivity index (χ1n) is 7.55. The van der Waals surface area contributed by atoms with Crippen molar-refractivity contribution < 1.29 is 18.0 Å². The Morgan fingerprint density at radius 1 is 1.08 bits per heavy atom. The molecule has 1 amide bonds. The van der Waals surface area contributed by atoms with E-state index in [0.29, 0.717) is 33.2 Å². The molecule has 0 aliphatic heterocycles. The minimum Gasteiger partial charge on any atom is -0.319 e. The number of hydrogen-bond acceptors (Lipinski definition) is 2. The SMILES string of the molecule is Cc1[nH]nc(-c2ccc(C(F)(F)F)cc2)c1NC(=O)c1ccc(Cl)cc1. The molecule has 134 valence electrons. The van der Waals surface area contributed by atoms with Crippen LogP contribution in [0.25, 0.3) is 11.3 Å². The number of aromatic amines is 1. The number of aromatic nitrogens is 2. The van der Waals surface area contributed by atoms with Crippen molar-refractivity contribution >= 4 is 23.2 Å². The lowest BCUT2D eigenvalue weighted by atomic mass is 10.1. The molecule has 0 fully saturated rings. The zero-order valence-electron chi connectivity index (χ0n) is 13.5. The maximum absolute atomic E-state index is 12.7. The lowest BCUT2D eigenvalue weighted by molar-refractivity contribution is -0.137. The predicted octanol–water partition coefficient (Wildman–Crippen LogP) is 5.31. The van der Waals surface area contributed by atoms with Crippen LogP contribution in [-0.4, -0.2) is 16.1 Å². The summed E-state index contributed by atoms with van der Waals surface area (Å²) in [6, 6.07) is 10.9. The Kier molecular flexibility index (Phi) is 4.73. The Morgan fingerprint density at radius 2 is 1.69 bits per heavy atom. The van der Waals surface area contributed by atoms with Crippen LogP contribution in [0.3, 0.4) is 0 Å². The number of H-pyrrole nitrogens is 1. The van der Waals surface area contributed by atoms with Crippen LogP contribution in [0, 0.1) is 6.92 Å². The molecule has 0 aliphatic rings. The van der Waals surface area contributed by atoms with Crippen LogP contribution in [0.5, 0.6) is 0 Å². The van der Waals surface area contributed by atoms with Gasteiger partial charge in [-0.2, -0.15) is 18.3 Å². The number of amides is 1. The van der Waals surface area contributed by atoms with Gasteiger partial charge in [-0.05, 0) is 43.3 Å². The Morgan fingerprint density at radius 3 is 2.27 bits per heavy atom. The minimum absolute atomic E-state index is 0.360. The van der Waals surface area contributed by atoms with Gasteiger partial charge in [0.05, 0.1) is 16.9 Å².